The first-order chi connectivity index (χ1) is 12.2. The Hall–Kier alpha value is -3.20. The molecule has 0 bridgehead atoms. The molecule has 0 aliphatic heterocycles. The molecule has 0 saturated carbocycles. The van der Waals surface area contributed by atoms with Crippen molar-refractivity contribution in [3.63, 3.8) is 0 Å². The highest BCUT2D eigenvalue weighted by Gasteiger charge is 2.20. The normalized spacial score (nSPS) is 11.6. The summed E-state index contributed by atoms with van der Waals surface area (Å²) in [5.41, 5.74) is 5.18. The van der Waals surface area contributed by atoms with E-state index in [1.54, 1.807) is 6.20 Å². The lowest BCUT2D eigenvalue weighted by atomic mass is 10.0. The SMILES string of the molecule is Cc1ccc2c(oc3cc4ccccc4cc32)c1-c1cncc[n+]1C. The summed E-state index contributed by atoms with van der Waals surface area (Å²) >= 11 is 0. The van der Waals surface area contributed by atoms with Crippen LogP contribution in [0.25, 0.3) is 44.0 Å². The van der Waals surface area contributed by atoms with Crippen LogP contribution < -0.4 is 4.57 Å². The van der Waals surface area contributed by atoms with Gasteiger partial charge in [-0.1, -0.05) is 36.4 Å². The smallest absolute Gasteiger partial charge is 0.234 e. The molecule has 0 amide bonds. The average Bonchev–Trinajstić information content (AvgIpc) is 2.98. The zero-order chi connectivity index (χ0) is 17.0. The number of aromatic nitrogens is 2. The van der Waals surface area contributed by atoms with E-state index in [4.69, 9.17) is 4.42 Å². The topological polar surface area (TPSA) is 29.9 Å². The zero-order valence-electron chi connectivity index (χ0n) is 14.2. The summed E-state index contributed by atoms with van der Waals surface area (Å²) in [5, 5.41) is 4.72. The van der Waals surface area contributed by atoms with Crippen molar-refractivity contribution in [1.82, 2.24) is 4.98 Å². The van der Waals surface area contributed by atoms with Gasteiger partial charge in [0.15, 0.2) is 6.20 Å². The van der Waals surface area contributed by atoms with Gasteiger partial charge in [0, 0.05) is 10.8 Å². The summed E-state index contributed by atoms with van der Waals surface area (Å²) in [6.45, 7) is 2.12. The lowest BCUT2D eigenvalue weighted by molar-refractivity contribution is -0.660. The molecule has 120 valence electrons. The number of rotatable bonds is 1. The Kier molecular flexibility index (Phi) is 2.92. The van der Waals surface area contributed by atoms with Gasteiger partial charge in [0.05, 0.1) is 18.0 Å². The summed E-state index contributed by atoms with van der Waals surface area (Å²) in [4.78, 5) is 4.31. The third kappa shape index (κ3) is 2.06. The summed E-state index contributed by atoms with van der Waals surface area (Å²) in [7, 11) is 2.03. The van der Waals surface area contributed by atoms with Gasteiger partial charge in [-0.15, -0.1) is 0 Å². The van der Waals surface area contributed by atoms with E-state index in [1.807, 2.05) is 19.4 Å². The molecule has 0 unspecified atom stereocenters. The molecule has 2 aromatic heterocycles. The van der Waals surface area contributed by atoms with Crippen LogP contribution in [0.15, 0.2) is 71.5 Å². The van der Waals surface area contributed by atoms with Crippen LogP contribution >= 0.6 is 0 Å². The van der Waals surface area contributed by atoms with E-state index in [0.717, 1.165) is 33.2 Å². The minimum atomic E-state index is 0.923. The Bertz CT molecular complexity index is 1270. The van der Waals surface area contributed by atoms with E-state index >= 15 is 0 Å². The second-order valence-electron chi connectivity index (χ2n) is 6.50. The summed E-state index contributed by atoms with van der Waals surface area (Å²) in [6.07, 6.45) is 5.65. The first-order valence-electron chi connectivity index (χ1n) is 8.37. The van der Waals surface area contributed by atoms with Gasteiger partial charge in [-0.3, -0.25) is 4.98 Å². The van der Waals surface area contributed by atoms with E-state index in [1.165, 1.54) is 16.3 Å². The fraction of sp³-hybridized carbons (Fsp3) is 0.0909. The third-order valence-electron chi connectivity index (χ3n) is 4.93. The van der Waals surface area contributed by atoms with Crippen LogP contribution in [-0.2, 0) is 7.05 Å². The average molecular weight is 325 g/mol. The monoisotopic (exact) mass is 325 g/mol. The molecule has 3 nitrogen and oxygen atoms in total. The van der Waals surface area contributed by atoms with Gasteiger partial charge < -0.3 is 4.42 Å². The molecule has 0 N–H and O–H groups in total. The van der Waals surface area contributed by atoms with E-state index < -0.39 is 0 Å². The van der Waals surface area contributed by atoms with Crippen molar-refractivity contribution in [2.75, 3.05) is 0 Å². The molecule has 3 heteroatoms. The maximum absolute atomic E-state index is 6.34. The van der Waals surface area contributed by atoms with Crippen molar-refractivity contribution in [2.45, 2.75) is 6.92 Å². The highest BCUT2D eigenvalue weighted by Crippen LogP contribution is 2.38. The van der Waals surface area contributed by atoms with Gasteiger partial charge in [-0.25, -0.2) is 0 Å². The van der Waals surface area contributed by atoms with Gasteiger partial charge >= 0.3 is 0 Å². The van der Waals surface area contributed by atoms with Gasteiger partial charge in [-0.2, -0.15) is 4.57 Å². The molecule has 5 aromatic rings. The molecule has 0 aliphatic rings. The molecule has 0 fully saturated rings. The van der Waals surface area contributed by atoms with Crippen molar-refractivity contribution in [2.24, 2.45) is 7.05 Å². The Morgan fingerprint density at radius 2 is 1.76 bits per heavy atom. The molecule has 0 saturated heterocycles. The second-order valence-corrected chi connectivity index (χ2v) is 6.50. The Morgan fingerprint density at radius 1 is 0.960 bits per heavy atom. The predicted molar refractivity (Wildman–Crippen MR) is 100 cm³/mol. The van der Waals surface area contributed by atoms with Crippen LogP contribution in [0.3, 0.4) is 0 Å². The van der Waals surface area contributed by atoms with Crippen molar-refractivity contribution in [1.29, 1.82) is 0 Å². The standard InChI is InChI=1S/C22H17N2O/c1-14-7-8-17-18-11-15-5-3-4-6-16(15)12-20(18)25-22(17)21(14)19-13-23-9-10-24(19)2/h3-13H,1-2H3/q+1. The van der Waals surface area contributed by atoms with E-state index in [9.17, 15) is 0 Å². The lowest BCUT2D eigenvalue weighted by Crippen LogP contribution is -2.30. The Balaban J connectivity index is 1.94. The Labute approximate surface area is 145 Å². The first-order valence-corrected chi connectivity index (χ1v) is 8.37. The fourth-order valence-electron chi connectivity index (χ4n) is 3.61. The maximum Gasteiger partial charge on any atom is 0.234 e. The summed E-state index contributed by atoms with van der Waals surface area (Å²) in [5.74, 6) is 0. The predicted octanol–water partition coefficient (Wildman–Crippen LogP) is 4.93. The highest BCUT2D eigenvalue weighted by molar-refractivity contribution is 6.13. The number of aryl methyl sites for hydroxylation is 2. The number of nitrogens with zero attached hydrogens (tertiary/aromatic N) is 2. The molecule has 5 rings (SSSR count). The minimum Gasteiger partial charge on any atom is -0.455 e. The van der Waals surface area contributed by atoms with Gasteiger partial charge in [0.1, 0.15) is 18.2 Å². The van der Waals surface area contributed by atoms with Crippen LogP contribution in [0.4, 0.5) is 0 Å². The van der Waals surface area contributed by atoms with Gasteiger partial charge in [-0.05, 0) is 35.4 Å². The van der Waals surface area contributed by atoms with Crippen molar-refractivity contribution in [3.8, 4) is 11.3 Å². The molecule has 0 atom stereocenters. The number of furan rings is 1. The van der Waals surface area contributed by atoms with Crippen molar-refractivity contribution in [3.05, 3.63) is 72.7 Å². The summed E-state index contributed by atoms with van der Waals surface area (Å²) < 4.78 is 8.42. The number of fused-ring (bicyclic) bond motifs is 4. The van der Waals surface area contributed by atoms with Crippen molar-refractivity contribution < 1.29 is 8.98 Å². The van der Waals surface area contributed by atoms with Crippen LogP contribution in [-0.4, -0.2) is 4.98 Å². The zero-order valence-corrected chi connectivity index (χ0v) is 14.2. The molecular weight excluding hydrogens is 308 g/mol. The van der Waals surface area contributed by atoms with E-state index in [-0.39, 0.29) is 0 Å². The molecule has 3 aromatic carbocycles. The summed E-state index contributed by atoms with van der Waals surface area (Å²) in [6, 6.07) is 17.1. The second kappa shape index (κ2) is 5.15. The molecule has 0 spiro atoms. The molecule has 0 radical (unpaired) electrons. The van der Waals surface area contributed by atoms with Crippen LogP contribution in [0.2, 0.25) is 0 Å². The van der Waals surface area contributed by atoms with E-state index in [2.05, 4.69) is 65.0 Å². The fourth-order valence-corrected chi connectivity index (χ4v) is 3.61. The number of hydrogen-bond acceptors (Lipinski definition) is 2. The molecular formula is C22H17N2O+. The molecule has 0 aliphatic carbocycles. The van der Waals surface area contributed by atoms with Crippen LogP contribution in [0.1, 0.15) is 5.56 Å². The molecule has 2 heterocycles. The van der Waals surface area contributed by atoms with Crippen molar-refractivity contribution >= 4 is 32.7 Å². The first kappa shape index (κ1) is 14.2. The minimum absolute atomic E-state index is 0.923. The third-order valence-corrected chi connectivity index (χ3v) is 4.93. The quantitative estimate of drug-likeness (QED) is 0.409. The highest BCUT2D eigenvalue weighted by atomic mass is 16.3. The van der Waals surface area contributed by atoms with Crippen LogP contribution in [0.5, 0.6) is 0 Å². The van der Waals surface area contributed by atoms with Gasteiger partial charge in [0.2, 0.25) is 5.69 Å². The Morgan fingerprint density at radius 3 is 2.56 bits per heavy atom. The lowest BCUT2D eigenvalue weighted by Gasteiger charge is -2.04. The largest absolute Gasteiger partial charge is 0.455 e. The number of hydrogen-bond donors (Lipinski definition) is 0. The van der Waals surface area contributed by atoms with Crippen LogP contribution in [0, 0.1) is 6.92 Å². The maximum atomic E-state index is 6.34. The number of benzene rings is 3. The van der Waals surface area contributed by atoms with E-state index in [0.29, 0.717) is 0 Å². The molecule has 25 heavy (non-hydrogen) atoms. The van der Waals surface area contributed by atoms with Gasteiger partial charge in [0.25, 0.3) is 0 Å².